The molecule has 4 rings (SSSR count). The Hall–Kier alpha value is -1.35. The van der Waals surface area contributed by atoms with Crippen LogP contribution in [0, 0.1) is 5.41 Å². The Morgan fingerprint density at radius 1 is 1.42 bits per heavy atom. The van der Waals surface area contributed by atoms with Gasteiger partial charge in [0.05, 0.1) is 12.5 Å². The van der Waals surface area contributed by atoms with E-state index in [0.29, 0.717) is 5.41 Å². The third kappa shape index (κ3) is 3.69. The molecule has 1 spiro atoms. The van der Waals surface area contributed by atoms with E-state index in [4.69, 9.17) is 4.74 Å². The number of aliphatic imine (C=N–C) groups is 1. The average molecular weight is 470 g/mol. The van der Waals surface area contributed by atoms with Crippen LogP contribution in [0.25, 0.3) is 0 Å². The van der Waals surface area contributed by atoms with Gasteiger partial charge in [-0.05, 0) is 30.9 Å². The van der Waals surface area contributed by atoms with Crippen molar-refractivity contribution in [3.63, 3.8) is 0 Å². The Balaban J connectivity index is 0.00000196. The summed E-state index contributed by atoms with van der Waals surface area (Å²) in [5.74, 6) is 0.964. The summed E-state index contributed by atoms with van der Waals surface area (Å²) in [6.07, 6.45) is 3.09. The van der Waals surface area contributed by atoms with E-state index in [0.717, 1.165) is 62.9 Å². The lowest BCUT2D eigenvalue weighted by atomic mass is 9.87. The summed E-state index contributed by atoms with van der Waals surface area (Å²) in [7, 11) is 1.83. The van der Waals surface area contributed by atoms with Crippen molar-refractivity contribution in [1.82, 2.24) is 10.2 Å². The summed E-state index contributed by atoms with van der Waals surface area (Å²) in [5, 5.41) is 6.42. The Labute approximate surface area is 171 Å². The number of likely N-dealkylation sites (tertiary alicyclic amines) is 1. The molecule has 3 heterocycles. The van der Waals surface area contributed by atoms with Gasteiger partial charge < -0.3 is 20.3 Å². The molecule has 1 aromatic carbocycles. The first kappa shape index (κ1) is 19.4. The summed E-state index contributed by atoms with van der Waals surface area (Å²) in [6.45, 7) is 4.53. The van der Waals surface area contributed by atoms with E-state index in [1.54, 1.807) is 0 Å². The molecule has 26 heavy (non-hydrogen) atoms. The predicted molar refractivity (Wildman–Crippen MR) is 113 cm³/mol. The monoisotopic (exact) mass is 470 g/mol. The summed E-state index contributed by atoms with van der Waals surface area (Å²) in [6, 6.07) is 7.95. The van der Waals surface area contributed by atoms with Gasteiger partial charge in [-0.25, -0.2) is 0 Å². The molecule has 0 saturated carbocycles. The average Bonchev–Trinajstić information content (AvgIpc) is 3.33. The van der Waals surface area contributed by atoms with Crippen LogP contribution in [0.15, 0.2) is 29.3 Å². The first-order chi connectivity index (χ1) is 12.2. The van der Waals surface area contributed by atoms with Gasteiger partial charge in [-0.1, -0.05) is 18.2 Å². The second kappa shape index (κ2) is 8.12. The molecule has 0 radical (unpaired) electrons. The topological polar surface area (TPSA) is 66.0 Å². The van der Waals surface area contributed by atoms with Gasteiger partial charge in [0.25, 0.3) is 0 Å². The van der Waals surface area contributed by atoms with Gasteiger partial charge in [0.15, 0.2) is 5.96 Å². The van der Waals surface area contributed by atoms with Gasteiger partial charge in [-0.3, -0.25) is 9.79 Å². The lowest BCUT2D eigenvalue weighted by Gasteiger charge is -2.25. The highest BCUT2D eigenvalue weighted by Crippen LogP contribution is 2.38. The van der Waals surface area contributed by atoms with Gasteiger partial charge in [0, 0.05) is 44.4 Å². The van der Waals surface area contributed by atoms with Gasteiger partial charge in [0.1, 0.15) is 0 Å². The maximum absolute atomic E-state index is 12.2. The largest absolute Gasteiger partial charge is 0.381 e. The number of anilines is 1. The molecular weight excluding hydrogens is 443 g/mol. The van der Waals surface area contributed by atoms with Crippen LogP contribution in [0.4, 0.5) is 5.69 Å². The lowest BCUT2D eigenvalue weighted by molar-refractivity contribution is -0.117. The van der Waals surface area contributed by atoms with Crippen molar-refractivity contribution in [1.29, 1.82) is 0 Å². The van der Waals surface area contributed by atoms with Gasteiger partial charge in [0.2, 0.25) is 5.91 Å². The van der Waals surface area contributed by atoms with Crippen LogP contribution >= 0.6 is 24.0 Å². The molecule has 2 atom stereocenters. The number of amides is 1. The molecule has 142 valence electrons. The summed E-state index contributed by atoms with van der Waals surface area (Å²) >= 11 is 0. The molecule has 1 aromatic rings. The zero-order valence-corrected chi connectivity index (χ0v) is 17.5. The highest BCUT2D eigenvalue weighted by atomic mass is 127. The molecule has 3 aliphatic rings. The van der Waals surface area contributed by atoms with E-state index in [9.17, 15) is 4.79 Å². The van der Waals surface area contributed by atoms with Crippen LogP contribution < -0.4 is 10.6 Å². The van der Waals surface area contributed by atoms with Crippen molar-refractivity contribution in [2.75, 3.05) is 45.2 Å². The maximum Gasteiger partial charge on any atom is 0.232 e. The second-order valence-electron chi connectivity index (χ2n) is 7.37. The van der Waals surface area contributed by atoms with E-state index < -0.39 is 0 Å². The number of fused-ring (bicyclic) bond motifs is 1. The number of hydrogen-bond acceptors (Lipinski definition) is 3. The molecule has 6 nitrogen and oxygen atoms in total. The molecule has 2 unspecified atom stereocenters. The summed E-state index contributed by atoms with van der Waals surface area (Å²) < 4.78 is 5.61. The lowest BCUT2D eigenvalue weighted by Crippen LogP contribution is -2.42. The number of nitrogens with one attached hydrogen (secondary N) is 2. The van der Waals surface area contributed by atoms with Crippen LogP contribution in [-0.4, -0.2) is 56.7 Å². The smallest absolute Gasteiger partial charge is 0.232 e. The molecular formula is C19H27IN4O2. The molecule has 7 heteroatoms. The third-order valence-corrected chi connectivity index (χ3v) is 5.76. The van der Waals surface area contributed by atoms with E-state index >= 15 is 0 Å². The normalized spacial score (nSPS) is 27.4. The fraction of sp³-hybridized carbons (Fsp3) is 0.579. The molecule has 3 aliphatic heterocycles. The van der Waals surface area contributed by atoms with Crippen LogP contribution in [0.5, 0.6) is 0 Å². The van der Waals surface area contributed by atoms with Crippen molar-refractivity contribution in [2.24, 2.45) is 10.4 Å². The first-order valence-electron chi connectivity index (χ1n) is 9.14. The number of hydrogen-bond donors (Lipinski definition) is 2. The Morgan fingerprint density at radius 3 is 3.04 bits per heavy atom. The van der Waals surface area contributed by atoms with Crippen molar-refractivity contribution in [3.05, 3.63) is 29.8 Å². The fourth-order valence-electron chi connectivity index (χ4n) is 4.31. The number of carbonyl (C=O) groups is 1. The summed E-state index contributed by atoms with van der Waals surface area (Å²) in [4.78, 5) is 19.0. The van der Waals surface area contributed by atoms with Gasteiger partial charge in [-0.15, -0.1) is 24.0 Å². The van der Waals surface area contributed by atoms with E-state index in [-0.39, 0.29) is 35.8 Å². The zero-order chi connectivity index (χ0) is 17.3. The van der Waals surface area contributed by atoms with Crippen LogP contribution in [0.2, 0.25) is 0 Å². The van der Waals surface area contributed by atoms with Crippen molar-refractivity contribution < 1.29 is 9.53 Å². The number of ether oxygens (including phenoxy) is 1. The van der Waals surface area contributed by atoms with E-state index in [2.05, 4.69) is 20.5 Å². The molecule has 2 fully saturated rings. The van der Waals surface area contributed by atoms with Crippen LogP contribution in [0.3, 0.4) is 0 Å². The molecule has 2 saturated heterocycles. The Morgan fingerprint density at radius 2 is 2.27 bits per heavy atom. The Kier molecular flexibility index (Phi) is 6.06. The number of carbonyl (C=O) groups excluding carboxylic acids is 1. The number of nitrogens with zero attached hydrogens (tertiary/aromatic N) is 2. The minimum atomic E-state index is -0.0741. The number of halogens is 1. The minimum absolute atomic E-state index is 0. The fourth-order valence-corrected chi connectivity index (χ4v) is 4.31. The maximum atomic E-state index is 12.2. The Bertz CT molecular complexity index is 688. The molecule has 0 aromatic heterocycles. The quantitative estimate of drug-likeness (QED) is 0.405. The highest BCUT2D eigenvalue weighted by molar-refractivity contribution is 14.0. The SMILES string of the molecule is CN=C(NCCC1C(=O)Nc2ccccc21)N1CCC2(CCOC2)C1.I. The number of rotatable bonds is 3. The number of benzene rings is 1. The number of para-hydroxylation sites is 1. The van der Waals surface area contributed by atoms with Crippen molar-refractivity contribution in [2.45, 2.75) is 25.2 Å². The third-order valence-electron chi connectivity index (χ3n) is 5.76. The van der Waals surface area contributed by atoms with Crippen molar-refractivity contribution in [3.8, 4) is 0 Å². The standard InChI is InChI=1S/C19H26N4O2.HI/c1-20-18(23-10-7-19(12-23)8-11-25-13-19)21-9-6-15-14-4-2-3-5-16(14)22-17(15)24;/h2-5,15H,6-13H2,1H3,(H,20,21)(H,22,24);1H. The van der Waals surface area contributed by atoms with Crippen molar-refractivity contribution >= 4 is 41.5 Å². The molecule has 2 N–H and O–H groups in total. The zero-order valence-electron chi connectivity index (χ0n) is 15.2. The van der Waals surface area contributed by atoms with Gasteiger partial charge >= 0.3 is 0 Å². The van der Waals surface area contributed by atoms with E-state index in [1.165, 1.54) is 6.42 Å². The molecule has 0 bridgehead atoms. The van der Waals surface area contributed by atoms with Gasteiger partial charge in [-0.2, -0.15) is 0 Å². The van der Waals surface area contributed by atoms with Crippen LogP contribution in [-0.2, 0) is 9.53 Å². The highest BCUT2D eigenvalue weighted by Gasteiger charge is 2.42. The summed E-state index contributed by atoms with van der Waals surface area (Å²) in [5.41, 5.74) is 2.37. The second-order valence-corrected chi connectivity index (χ2v) is 7.37. The van der Waals surface area contributed by atoms with E-state index in [1.807, 2.05) is 31.3 Å². The minimum Gasteiger partial charge on any atom is -0.381 e. The predicted octanol–water partition coefficient (Wildman–Crippen LogP) is 2.42. The molecule has 1 amide bonds. The van der Waals surface area contributed by atoms with Crippen LogP contribution in [0.1, 0.15) is 30.7 Å². The first-order valence-corrected chi connectivity index (χ1v) is 9.14. The molecule has 0 aliphatic carbocycles. The number of guanidine groups is 1.